The molecule has 1 heterocycles. The van der Waals surface area contributed by atoms with Gasteiger partial charge in [0.05, 0.1) is 0 Å². The van der Waals surface area contributed by atoms with E-state index in [2.05, 4.69) is 23.9 Å². The minimum absolute atomic E-state index is 0.00956. The van der Waals surface area contributed by atoms with Gasteiger partial charge in [-0.3, -0.25) is 9.59 Å². The van der Waals surface area contributed by atoms with Crippen LogP contribution in [0.15, 0.2) is 42.5 Å². The number of carbonyl (C=O) groups excluding carboxylic acids is 2. The molecular formula is C32H43FN2O3. The number of phenolic OH excluding ortho intramolecular Hbond substituents is 1. The van der Waals surface area contributed by atoms with Crippen LogP contribution in [-0.2, 0) is 4.79 Å². The van der Waals surface area contributed by atoms with Crippen LogP contribution in [0.5, 0.6) is 5.75 Å². The van der Waals surface area contributed by atoms with Gasteiger partial charge in [-0.2, -0.15) is 0 Å². The minimum atomic E-state index is -0.502. The summed E-state index contributed by atoms with van der Waals surface area (Å²) < 4.78 is 14.9. The van der Waals surface area contributed by atoms with Gasteiger partial charge >= 0.3 is 0 Å². The number of hydrogen-bond donors (Lipinski definition) is 1. The molecule has 2 aromatic rings. The number of piperidine rings is 1. The summed E-state index contributed by atoms with van der Waals surface area (Å²) in [4.78, 5) is 32.7. The molecule has 0 spiro atoms. The first-order chi connectivity index (χ1) is 18.3. The van der Waals surface area contributed by atoms with Crippen molar-refractivity contribution in [3.63, 3.8) is 0 Å². The molecule has 3 atom stereocenters. The lowest BCUT2D eigenvalue weighted by Crippen LogP contribution is -2.52. The largest absolute Gasteiger partial charge is 0.508 e. The fourth-order valence-corrected chi connectivity index (χ4v) is 6.58. The van der Waals surface area contributed by atoms with E-state index in [0.29, 0.717) is 24.2 Å². The molecule has 1 aliphatic heterocycles. The van der Waals surface area contributed by atoms with Gasteiger partial charge in [0.25, 0.3) is 0 Å². The van der Waals surface area contributed by atoms with Crippen molar-refractivity contribution in [2.24, 2.45) is 17.8 Å². The number of phenols is 1. The first kappa shape index (κ1) is 28.4. The molecule has 6 heteroatoms. The van der Waals surface area contributed by atoms with Crippen molar-refractivity contribution in [1.82, 2.24) is 9.80 Å². The molecule has 5 nitrogen and oxygen atoms in total. The van der Waals surface area contributed by atoms with Gasteiger partial charge in [0, 0.05) is 42.3 Å². The lowest BCUT2D eigenvalue weighted by Gasteiger charge is -2.44. The first-order valence-electron chi connectivity index (χ1n) is 14.2. The zero-order valence-electron chi connectivity index (χ0n) is 23.2. The maximum Gasteiger partial charge on any atom is 0.167 e. The Morgan fingerprint density at radius 3 is 2.42 bits per heavy atom. The predicted octanol–water partition coefficient (Wildman–Crippen LogP) is 5.85. The Morgan fingerprint density at radius 1 is 1.00 bits per heavy atom. The normalized spacial score (nSPS) is 23.0. The Kier molecular flexibility index (Phi) is 9.72. The second-order valence-corrected chi connectivity index (χ2v) is 11.6. The number of carbonyl (C=O) groups is 2. The van der Waals surface area contributed by atoms with Gasteiger partial charge in [0.1, 0.15) is 17.3 Å². The molecule has 0 radical (unpaired) electrons. The van der Waals surface area contributed by atoms with E-state index in [1.54, 1.807) is 31.2 Å². The van der Waals surface area contributed by atoms with Gasteiger partial charge in [0.2, 0.25) is 0 Å². The van der Waals surface area contributed by atoms with Crippen LogP contribution in [0.2, 0.25) is 0 Å². The Morgan fingerprint density at radius 2 is 1.71 bits per heavy atom. The highest BCUT2D eigenvalue weighted by Gasteiger charge is 2.46. The third-order valence-corrected chi connectivity index (χ3v) is 8.62. The quantitative estimate of drug-likeness (QED) is 0.314. The molecule has 2 aromatic carbocycles. The molecule has 1 N–H and O–H groups in total. The number of likely N-dealkylation sites (tertiary alicyclic amines) is 1. The molecule has 1 saturated carbocycles. The lowest BCUT2D eigenvalue weighted by atomic mass is 9.66. The Balaban J connectivity index is 1.73. The van der Waals surface area contributed by atoms with Crippen LogP contribution in [0.25, 0.3) is 0 Å². The molecule has 1 saturated heterocycles. The average Bonchev–Trinajstić information content (AvgIpc) is 2.92. The van der Waals surface area contributed by atoms with Crippen LogP contribution >= 0.6 is 0 Å². The van der Waals surface area contributed by atoms with Crippen molar-refractivity contribution in [2.45, 2.75) is 57.8 Å². The molecule has 38 heavy (non-hydrogen) atoms. The lowest BCUT2D eigenvalue weighted by molar-refractivity contribution is -0.131. The number of unbranched alkanes of at least 4 members (excludes halogenated alkanes) is 1. The van der Waals surface area contributed by atoms with E-state index >= 15 is 0 Å². The summed E-state index contributed by atoms with van der Waals surface area (Å²) in [5.41, 5.74) is 1.73. The van der Waals surface area contributed by atoms with Crippen molar-refractivity contribution >= 4 is 11.6 Å². The van der Waals surface area contributed by atoms with Crippen LogP contribution in [0.1, 0.15) is 72.3 Å². The van der Waals surface area contributed by atoms with Crippen molar-refractivity contribution in [1.29, 1.82) is 0 Å². The summed E-state index contributed by atoms with van der Waals surface area (Å²) in [5, 5.41) is 10.1. The number of rotatable bonds is 10. The third kappa shape index (κ3) is 6.70. The summed E-state index contributed by atoms with van der Waals surface area (Å²) in [5.74, 6) is -1.37. The highest BCUT2D eigenvalue weighted by Crippen LogP contribution is 2.44. The average molecular weight is 523 g/mol. The number of ketones is 2. The summed E-state index contributed by atoms with van der Waals surface area (Å²) in [7, 11) is 4.13. The van der Waals surface area contributed by atoms with E-state index in [0.717, 1.165) is 63.6 Å². The molecule has 1 aliphatic carbocycles. The zero-order chi connectivity index (χ0) is 27.2. The maximum absolute atomic E-state index is 14.9. The molecule has 0 amide bonds. The smallest absolute Gasteiger partial charge is 0.167 e. The van der Waals surface area contributed by atoms with Crippen molar-refractivity contribution < 1.29 is 19.1 Å². The van der Waals surface area contributed by atoms with Crippen LogP contribution in [-0.4, -0.2) is 66.7 Å². The number of halogens is 1. The molecule has 0 aromatic heterocycles. The molecular weight excluding hydrogens is 479 g/mol. The van der Waals surface area contributed by atoms with Gasteiger partial charge in [0.15, 0.2) is 5.78 Å². The third-order valence-electron chi connectivity index (χ3n) is 8.62. The standard InChI is InChI=1S/C32H43FN2O3/c1-22-26(15-10-16-29(22)33)30-27(31(37)23-11-5-4-6-12-23)20-35(18-8-7-17-34(2)3)21-28(30)32(38)24-13-9-14-25(36)19-24/h9-10,13-16,19,23,27-28,30,36H,4-8,11-12,17-18,20-21H2,1-3H3. The number of nitrogens with zero attached hydrogens (tertiary/aromatic N) is 2. The number of benzene rings is 2. The van der Waals surface area contributed by atoms with Gasteiger partial charge < -0.3 is 14.9 Å². The number of Topliss-reactive ketones (excluding diaryl/α,β-unsaturated/α-hetero) is 2. The van der Waals surface area contributed by atoms with E-state index in [1.165, 1.54) is 12.1 Å². The Labute approximate surface area is 227 Å². The Bertz CT molecular complexity index is 1110. The van der Waals surface area contributed by atoms with E-state index in [9.17, 15) is 19.1 Å². The second kappa shape index (κ2) is 13.0. The predicted molar refractivity (Wildman–Crippen MR) is 149 cm³/mol. The highest BCUT2D eigenvalue weighted by molar-refractivity contribution is 6.00. The van der Waals surface area contributed by atoms with E-state index < -0.39 is 11.8 Å². The minimum Gasteiger partial charge on any atom is -0.508 e. The van der Waals surface area contributed by atoms with Gasteiger partial charge in [-0.1, -0.05) is 43.5 Å². The molecule has 206 valence electrons. The summed E-state index contributed by atoms with van der Waals surface area (Å²) in [6, 6.07) is 11.5. The summed E-state index contributed by atoms with van der Waals surface area (Å²) in [6.07, 6.45) is 7.12. The first-order valence-corrected chi connectivity index (χ1v) is 14.2. The molecule has 2 fully saturated rings. The van der Waals surface area contributed by atoms with Crippen LogP contribution in [0.4, 0.5) is 4.39 Å². The highest BCUT2D eigenvalue weighted by atomic mass is 19.1. The second-order valence-electron chi connectivity index (χ2n) is 11.6. The zero-order valence-corrected chi connectivity index (χ0v) is 23.2. The summed E-state index contributed by atoms with van der Waals surface area (Å²) >= 11 is 0. The maximum atomic E-state index is 14.9. The van der Waals surface area contributed by atoms with Crippen molar-refractivity contribution in [3.8, 4) is 5.75 Å². The van der Waals surface area contributed by atoms with Gasteiger partial charge in [-0.05, 0) is 89.1 Å². The van der Waals surface area contributed by atoms with Gasteiger partial charge in [-0.25, -0.2) is 4.39 Å². The van der Waals surface area contributed by atoms with Crippen molar-refractivity contribution in [2.75, 3.05) is 40.3 Å². The Hall–Kier alpha value is -2.57. The van der Waals surface area contributed by atoms with E-state index in [4.69, 9.17) is 0 Å². The fraction of sp³-hybridized carbons (Fsp3) is 0.562. The molecule has 3 unspecified atom stereocenters. The number of aromatic hydroxyl groups is 1. The fourth-order valence-electron chi connectivity index (χ4n) is 6.58. The molecule has 2 aliphatic rings. The van der Waals surface area contributed by atoms with Crippen LogP contribution < -0.4 is 0 Å². The summed E-state index contributed by atoms with van der Waals surface area (Å²) in [6.45, 7) is 4.69. The van der Waals surface area contributed by atoms with Crippen LogP contribution in [0.3, 0.4) is 0 Å². The molecule has 4 rings (SSSR count). The van der Waals surface area contributed by atoms with Crippen LogP contribution in [0, 0.1) is 30.5 Å². The van der Waals surface area contributed by atoms with E-state index in [1.807, 2.05) is 6.07 Å². The van der Waals surface area contributed by atoms with Crippen molar-refractivity contribution in [3.05, 3.63) is 65.0 Å². The SMILES string of the molecule is Cc1c(F)cccc1C1C(C(=O)c2cccc(O)c2)CN(CCCCN(C)C)CC1C(=O)C1CCCCC1. The topological polar surface area (TPSA) is 60.9 Å². The monoisotopic (exact) mass is 522 g/mol. The number of hydrogen-bond acceptors (Lipinski definition) is 5. The van der Waals surface area contributed by atoms with Gasteiger partial charge in [-0.15, -0.1) is 0 Å². The van der Waals surface area contributed by atoms with E-state index in [-0.39, 0.29) is 35.0 Å². The molecule has 0 bridgehead atoms.